The number of piperidine rings is 1. The Hall–Kier alpha value is -6.29. The van der Waals surface area contributed by atoms with Gasteiger partial charge in [0.2, 0.25) is 0 Å². The fourth-order valence-corrected chi connectivity index (χ4v) is 21.3. The molecule has 5 saturated heterocycles. The van der Waals surface area contributed by atoms with Gasteiger partial charge in [-0.15, -0.1) is 0 Å². The number of anilines is 2. The van der Waals surface area contributed by atoms with Crippen LogP contribution in [-0.2, 0) is 16.0 Å². The fourth-order valence-electron chi connectivity index (χ4n) is 13.2. The Morgan fingerprint density at radius 2 is 1.69 bits per heavy atom. The normalized spacial score (nSPS) is 20.4. The minimum Gasteiger partial charge on any atom is -0.202 e. The molecule has 86 heavy (non-hydrogen) atoms. The van der Waals surface area contributed by atoms with E-state index in [0.717, 1.165) is 125 Å². The summed E-state index contributed by atoms with van der Waals surface area (Å²) in [4.78, 5) is 79.8. The van der Waals surface area contributed by atoms with Crippen LogP contribution in [0, 0.1) is 30.0 Å². The van der Waals surface area contributed by atoms with Crippen molar-refractivity contribution in [3.8, 4) is 33.5 Å². The van der Waals surface area contributed by atoms with Gasteiger partial charge in [-0.05, 0) is 91.9 Å². The number of likely N-dealkylation sites (tertiary alicyclic amines) is 1. The number of hydrogen-bond donors (Lipinski definition) is 5. The smallest absolute Gasteiger partial charge is 0.202 e. The van der Waals surface area contributed by atoms with Crippen LogP contribution < -0.4 is 30.5 Å². The number of nitrogens with zero attached hydrogens (tertiary/aromatic N) is 10. The van der Waals surface area contributed by atoms with Gasteiger partial charge in [0.05, 0.1) is 5.39 Å². The van der Waals surface area contributed by atoms with Gasteiger partial charge in [0.1, 0.15) is 29.4 Å². The van der Waals surface area contributed by atoms with Crippen LogP contribution >= 0.6 is 20.5 Å². The molecule has 0 aliphatic carbocycles. The van der Waals surface area contributed by atoms with Gasteiger partial charge in [0, 0.05) is 43.5 Å². The van der Waals surface area contributed by atoms with Crippen molar-refractivity contribution in [2.45, 2.75) is 115 Å². The minimum atomic E-state index is -2.47. The summed E-state index contributed by atoms with van der Waals surface area (Å²) in [5.41, 5.74) is 5.99. The van der Waals surface area contributed by atoms with E-state index in [0.29, 0.717) is 68.5 Å². The number of phenolic OH excluding ortho intramolecular Hbond substituents is 1. The van der Waals surface area contributed by atoms with Crippen LogP contribution in [0.4, 0.5) is 16.0 Å². The number of phenols is 1. The van der Waals surface area contributed by atoms with Crippen molar-refractivity contribution in [2.24, 2.45) is 17.3 Å². The Balaban J connectivity index is 0.624. The molecule has 5 atom stereocenters. The fraction of sp³-hybridized carbons (Fsp3) is 0.476. The van der Waals surface area contributed by atoms with Crippen molar-refractivity contribution >= 4 is 90.3 Å². The molecule has 3 aromatic carbocycles. The molecule has 5 unspecified atom stereocenters. The number of ether oxygens (including phenoxy) is 1. The first-order chi connectivity index (χ1) is 41.5. The molecule has 0 spiro atoms. The molecule has 0 saturated carbocycles. The summed E-state index contributed by atoms with van der Waals surface area (Å²) in [6.07, 6.45) is 10.9. The monoisotopic (exact) mass is 1310 g/mol. The Morgan fingerprint density at radius 1 is 0.919 bits per heavy atom. The number of aryl methyl sites for hydroxylation is 2. The number of benzene rings is 3. The van der Waals surface area contributed by atoms with Crippen LogP contribution in [0.2, 0.25) is 4.37 Å². The SMILES string of the molecule is CCc1cccc2cc(O)cc(-c3ncc4c(N5CC6CCC(C5)N6)nc(OCCN5CCC(CC6CN(c7cnc(C(=O)NC(C(=O)N8[CH2][Sb]([S]O)[CH2]C8C(=O)NC(C)c8ccc(-c9scnc9C)cc8)C(C)(C)C)cn7)C6)CC5)nc4c3F)c12. The minimum absolute atomic E-state index is 0.0394. The van der Waals surface area contributed by atoms with Gasteiger partial charge >= 0.3 is 273 Å². The summed E-state index contributed by atoms with van der Waals surface area (Å²) in [5, 5.41) is 22.7. The summed E-state index contributed by atoms with van der Waals surface area (Å²) in [6, 6.07) is 16.0. The van der Waals surface area contributed by atoms with E-state index in [9.17, 15) is 24.0 Å². The summed E-state index contributed by atoms with van der Waals surface area (Å²) in [6.45, 7) is 17.7. The number of hydrogen-bond acceptors (Lipinski definition) is 18. The molecular weight excluding hydrogens is 1240 g/mol. The molecule has 4 aromatic heterocycles. The number of pyridine rings is 1. The average Bonchev–Trinajstić information content (AvgIpc) is 3.28. The second kappa shape index (κ2) is 25.4. The molecule has 23 heteroatoms. The molecule has 12 rings (SSSR count). The standard InChI is InChI=1S/C63H74FN13O5S.H2OS.Sb/c1-9-41-11-10-12-44-26-47(78)27-48(52(41)44)54-53(64)55-49(28-67-54)58(77-33-45-17-18-46(34-77)70-45)73-62(71-55)82-24-23-75-21-19-39(20-22-75)25-40-31-76(32-40)51-30-65-50(29-66-51)60(80)72-57(63(5,6)7)61(81)74(8)38(4)59(79)69-36(2)42-13-15-43(16-14-42)56-37(3)68-35-83-56;1-2;/h10-16,26-30,35-36,38-40,45-46,57,70,78H,4,8-9,17-25,31-34H2,1-3,5-7H3,(H,69,79)(H,72,80);1-2H;/q;;+1/p-1. The maximum atomic E-state index is 17.1. The van der Waals surface area contributed by atoms with E-state index >= 15 is 4.39 Å². The molecule has 452 valence electrons. The molecule has 3 amide bonds. The molecule has 0 radical (unpaired) electrons. The Kier molecular flexibility index (Phi) is 17.7. The summed E-state index contributed by atoms with van der Waals surface area (Å²) in [5.74, 6) is 0.713. The number of nitrogens with one attached hydrogen (secondary N) is 3. The van der Waals surface area contributed by atoms with Crippen LogP contribution in [0.3, 0.4) is 0 Å². The number of fused-ring (bicyclic) bond motifs is 4. The second-order valence-electron chi connectivity index (χ2n) is 24.9. The van der Waals surface area contributed by atoms with Crippen LogP contribution in [0.1, 0.15) is 100 Å². The number of aromatic nitrogens is 6. The number of piperazine rings is 1. The van der Waals surface area contributed by atoms with Gasteiger partial charge in [-0.1, -0.05) is 25.1 Å². The third-order valence-corrected chi connectivity index (χ3v) is 26.8. The first-order valence-electron chi connectivity index (χ1n) is 30.0. The average molecular weight is 1320 g/mol. The van der Waals surface area contributed by atoms with Gasteiger partial charge in [-0.25, -0.2) is 4.39 Å². The van der Waals surface area contributed by atoms with E-state index in [1.54, 1.807) is 40.8 Å². The molecule has 5 aliphatic rings. The van der Waals surface area contributed by atoms with Crippen LogP contribution in [0.5, 0.6) is 11.8 Å². The number of carbonyl (C=O) groups is 3. The third-order valence-electron chi connectivity index (χ3n) is 17.9. The molecule has 2 bridgehead atoms. The molecule has 19 nitrogen and oxygen atoms in total. The second-order valence-corrected chi connectivity index (χ2v) is 35.4. The van der Waals surface area contributed by atoms with Crippen molar-refractivity contribution in [1.82, 2.24) is 55.7 Å². The number of aromatic hydroxyl groups is 1. The quantitative estimate of drug-likeness (QED) is 0.0399. The molecule has 9 heterocycles. The Bertz CT molecular complexity index is 3630. The van der Waals surface area contributed by atoms with Crippen molar-refractivity contribution in [3.63, 3.8) is 0 Å². The van der Waals surface area contributed by atoms with Gasteiger partial charge in [0.25, 0.3) is 0 Å². The zero-order valence-corrected chi connectivity index (χ0v) is 53.7. The zero-order valence-electron chi connectivity index (χ0n) is 49.5. The maximum absolute atomic E-state index is 17.1. The molecule has 5 N–H and O–H groups in total. The number of halogens is 1. The summed E-state index contributed by atoms with van der Waals surface area (Å²) < 4.78 is 34.5. The Morgan fingerprint density at radius 3 is 2.37 bits per heavy atom. The first-order valence-corrected chi connectivity index (χ1v) is 38.4. The van der Waals surface area contributed by atoms with Crippen molar-refractivity contribution < 1.29 is 33.2 Å². The van der Waals surface area contributed by atoms with Gasteiger partial charge < -0.3 is 20.1 Å². The number of carbonyl (C=O) groups excluding carboxylic acids is 3. The zero-order chi connectivity index (χ0) is 60.0. The number of thiazole rings is 1. The van der Waals surface area contributed by atoms with Gasteiger partial charge in [-0.2, -0.15) is 9.97 Å². The van der Waals surface area contributed by atoms with Crippen molar-refractivity contribution in [3.05, 3.63) is 107 Å². The topological polar surface area (TPSA) is 227 Å². The predicted octanol–water partition coefficient (Wildman–Crippen LogP) is 9.00. The predicted molar refractivity (Wildman–Crippen MR) is 336 cm³/mol. The van der Waals surface area contributed by atoms with E-state index in [2.05, 4.69) is 52.5 Å². The number of amides is 3. The molecule has 5 aliphatic heterocycles. The van der Waals surface area contributed by atoms with E-state index in [1.165, 1.54) is 6.20 Å². The van der Waals surface area contributed by atoms with Crippen LogP contribution in [0.15, 0.2) is 78.7 Å². The van der Waals surface area contributed by atoms with E-state index in [-0.39, 0.29) is 46.5 Å². The number of rotatable bonds is 18. The van der Waals surface area contributed by atoms with Crippen LogP contribution in [-0.4, -0.2) is 167 Å². The molecule has 7 aromatic rings. The van der Waals surface area contributed by atoms with E-state index in [4.69, 9.17) is 19.7 Å². The molecule has 5 fully saturated rings. The summed E-state index contributed by atoms with van der Waals surface area (Å²) in [7, 11) is 0.819. The van der Waals surface area contributed by atoms with Gasteiger partial charge in [-0.3, -0.25) is 9.88 Å². The van der Waals surface area contributed by atoms with Gasteiger partial charge in [0.15, 0.2) is 5.82 Å². The van der Waals surface area contributed by atoms with Crippen LogP contribution in [0.25, 0.3) is 43.4 Å². The van der Waals surface area contributed by atoms with Crippen molar-refractivity contribution in [2.75, 3.05) is 66.7 Å². The van der Waals surface area contributed by atoms with E-state index in [1.807, 2.05) is 82.6 Å². The van der Waals surface area contributed by atoms with Crippen molar-refractivity contribution in [1.29, 1.82) is 0 Å². The third kappa shape index (κ3) is 12.7. The molecular formula is C63H75FN13O6S2Sb. The summed E-state index contributed by atoms with van der Waals surface area (Å²) >= 11 is -0.889. The van der Waals surface area contributed by atoms with E-state index < -0.39 is 48.0 Å². The first kappa shape index (κ1) is 60.0. The Labute approximate surface area is 514 Å².